The number of hydrogen-bond donors (Lipinski definition) is 10. The van der Waals surface area contributed by atoms with Crippen molar-refractivity contribution in [1.29, 1.82) is 0 Å². The van der Waals surface area contributed by atoms with Crippen LogP contribution in [0.15, 0.2) is 60.8 Å². The lowest BCUT2D eigenvalue weighted by atomic mass is 9.82. The Hall–Kier alpha value is -8.62. The van der Waals surface area contributed by atoms with Crippen molar-refractivity contribution in [1.82, 2.24) is 41.0 Å². The van der Waals surface area contributed by atoms with E-state index in [0.717, 1.165) is 28.7 Å². The van der Waals surface area contributed by atoms with Crippen LogP contribution in [0.4, 0.5) is 8.78 Å². The number of Topliss-reactive ketones (excluding diaryl/α,β-unsaturated/α-hetero) is 1. The SMILES string of the molecule is C[C@H](NC(=O)CCC(=O)CC(C)(C)CC(=O)O)C(=O)N(C)[C@@H](C)C(=O)N[C@@H](CC(N)=O)C(=O)N[C@@H](CCN(C(=O)CO)[C@@H](c1cc(-c2cc(F)ccc2F)cn1Cc1ccccc1)C(C)(C)C)C(=O)NCCC(=O)N[C@H](CCC(=O)O)C(=O)O. The van der Waals surface area contributed by atoms with Gasteiger partial charge < -0.3 is 67.1 Å². The monoisotopic (exact) mass is 1180 g/mol. The van der Waals surface area contributed by atoms with Gasteiger partial charge in [-0.2, -0.15) is 0 Å². The fourth-order valence-corrected chi connectivity index (χ4v) is 9.22. The van der Waals surface area contributed by atoms with Gasteiger partial charge in [0.15, 0.2) is 0 Å². The van der Waals surface area contributed by atoms with E-state index in [1.807, 2.05) is 12.1 Å². The van der Waals surface area contributed by atoms with Crippen molar-refractivity contribution < 1.29 is 86.7 Å². The summed E-state index contributed by atoms with van der Waals surface area (Å²) in [5, 5.41) is 50.0. The highest BCUT2D eigenvalue weighted by molar-refractivity contribution is 5.97. The number of nitrogens with one attached hydrogen (secondary N) is 5. The number of carboxylic acid groups (broad SMARTS) is 3. The van der Waals surface area contributed by atoms with Crippen LogP contribution in [-0.2, 0) is 64.1 Å². The van der Waals surface area contributed by atoms with Gasteiger partial charge >= 0.3 is 17.9 Å². The molecule has 0 radical (unpaired) electrons. The second kappa shape index (κ2) is 31.7. The Morgan fingerprint density at radius 1 is 0.702 bits per heavy atom. The van der Waals surface area contributed by atoms with Crippen molar-refractivity contribution in [2.45, 2.75) is 149 Å². The minimum absolute atomic E-state index is 0.106. The average molecular weight is 1180 g/mol. The Bertz CT molecular complexity index is 2890. The number of amides is 8. The highest BCUT2D eigenvalue weighted by Crippen LogP contribution is 2.41. The van der Waals surface area contributed by atoms with Crippen LogP contribution in [0, 0.1) is 22.5 Å². The third-order valence-electron chi connectivity index (χ3n) is 13.5. The molecular formula is C57H77F2N9O16. The number of rotatable bonds is 34. The lowest BCUT2D eigenvalue weighted by Gasteiger charge is -2.41. The molecule has 0 aliphatic heterocycles. The molecule has 0 bridgehead atoms. The highest BCUT2D eigenvalue weighted by atomic mass is 19.1. The zero-order valence-electron chi connectivity index (χ0n) is 48.3. The molecule has 0 aliphatic carbocycles. The van der Waals surface area contributed by atoms with Gasteiger partial charge in [-0.3, -0.25) is 52.7 Å². The number of carbonyl (C=O) groups excluding carboxylic acids is 9. The number of primary amides is 1. The first-order valence-electron chi connectivity index (χ1n) is 26.9. The van der Waals surface area contributed by atoms with Crippen molar-refractivity contribution in [2.75, 3.05) is 26.7 Å². The molecule has 11 N–H and O–H groups in total. The van der Waals surface area contributed by atoms with E-state index in [1.54, 1.807) is 69.6 Å². The number of aromatic nitrogens is 1. The van der Waals surface area contributed by atoms with Crippen molar-refractivity contribution in [3.8, 4) is 11.1 Å². The molecule has 8 amide bonds. The van der Waals surface area contributed by atoms with E-state index in [9.17, 15) is 72.1 Å². The Labute approximate surface area is 484 Å². The van der Waals surface area contributed by atoms with Gasteiger partial charge in [0.1, 0.15) is 54.2 Å². The number of nitrogens with zero attached hydrogens (tertiary/aromatic N) is 3. The number of hydrogen-bond acceptors (Lipinski definition) is 13. The van der Waals surface area contributed by atoms with Crippen LogP contribution in [0.3, 0.4) is 0 Å². The molecule has 0 saturated heterocycles. The van der Waals surface area contributed by atoms with Gasteiger partial charge in [-0.15, -0.1) is 0 Å². The van der Waals surface area contributed by atoms with Gasteiger partial charge in [-0.05, 0) is 67.3 Å². The summed E-state index contributed by atoms with van der Waals surface area (Å²) in [6.07, 6.45) is -2.42. The number of benzene rings is 2. The van der Waals surface area contributed by atoms with E-state index in [1.165, 1.54) is 25.8 Å². The van der Waals surface area contributed by atoms with Crippen molar-refractivity contribution in [2.24, 2.45) is 16.6 Å². The maximum Gasteiger partial charge on any atom is 0.326 e. The first kappa shape index (κ1) is 69.6. The summed E-state index contributed by atoms with van der Waals surface area (Å²) >= 11 is 0. The normalized spacial score (nSPS) is 13.6. The van der Waals surface area contributed by atoms with Crippen molar-refractivity contribution in [3.05, 3.63) is 83.7 Å². The number of ketones is 1. The average Bonchev–Trinajstić information content (AvgIpc) is 2.11. The molecule has 0 unspecified atom stereocenters. The molecule has 0 spiro atoms. The van der Waals surface area contributed by atoms with Gasteiger partial charge in [0.2, 0.25) is 47.3 Å². The molecule has 1 heterocycles. The standard InChI is InChI=1S/C57H77F2N9O16/c1-32(62-45(72)18-15-37(70)27-57(6,7)28-49(77)78)54(82)66(8)33(2)51(79)65-42(26-44(60)71)53(81)64-40(52(80)61-22-20-46(73)63-41(55(83)84)17-19-48(75)76)21-23-68(47(74)31-69)50(56(3,4)5)43-24-35(38-25-36(58)14-16-39(38)59)30-67(43)29-34-12-10-9-11-13-34/h9-14,16,24-25,30,32-33,40-42,50,69H,15,17-23,26-29,31H2,1-8H3,(H2,60,71)(H,61,80)(H,62,72)(H,63,73)(H,64,81)(H,65,79)(H,75,76)(H,77,78)(H,83,84)/t32-,33-,40-,41+,42-,50-/m0/s1. The largest absolute Gasteiger partial charge is 0.481 e. The lowest BCUT2D eigenvalue weighted by Crippen LogP contribution is -2.58. The number of aliphatic hydroxyl groups excluding tert-OH is 1. The van der Waals surface area contributed by atoms with Crippen LogP contribution in [-0.4, -0.2) is 163 Å². The molecular weight excluding hydrogens is 1100 g/mol. The topological polar surface area (TPSA) is 383 Å². The molecule has 2 aromatic carbocycles. The number of carbonyl (C=O) groups is 12. The number of nitrogens with two attached hydrogens (primary N) is 1. The highest BCUT2D eigenvalue weighted by Gasteiger charge is 2.39. The van der Waals surface area contributed by atoms with Gasteiger partial charge in [0, 0.05) is 81.8 Å². The lowest BCUT2D eigenvalue weighted by molar-refractivity contribution is -0.143. The summed E-state index contributed by atoms with van der Waals surface area (Å²) in [7, 11) is 1.20. The molecule has 3 aromatic rings. The Balaban J connectivity index is 2.00. The van der Waals surface area contributed by atoms with E-state index in [-0.39, 0.29) is 49.1 Å². The van der Waals surface area contributed by atoms with Crippen LogP contribution >= 0.6 is 0 Å². The Morgan fingerprint density at radius 2 is 1.33 bits per heavy atom. The number of halogens is 2. The third-order valence-corrected chi connectivity index (χ3v) is 13.5. The molecule has 6 atom stereocenters. The van der Waals surface area contributed by atoms with E-state index in [0.29, 0.717) is 5.69 Å². The predicted octanol–water partition coefficient (Wildman–Crippen LogP) is 2.16. The van der Waals surface area contributed by atoms with Gasteiger partial charge in [-0.25, -0.2) is 13.6 Å². The van der Waals surface area contributed by atoms with Crippen LogP contribution in [0.2, 0.25) is 0 Å². The summed E-state index contributed by atoms with van der Waals surface area (Å²) < 4.78 is 31.8. The van der Waals surface area contributed by atoms with Crippen LogP contribution in [0.5, 0.6) is 0 Å². The minimum Gasteiger partial charge on any atom is -0.481 e. The molecule has 0 saturated carbocycles. The zero-order valence-corrected chi connectivity index (χ0v) is 48.3. The summed E-state index contributed by atoms with van der Waals surface area (Å²) in [6.45, 7) is 9.11. The quantitative estimate of drug-likeness (QED) is 0.0410. The fourth-order valence-electron chi connectivity index (χ4n) is 9.22. The van der Waals surface area contributed by atoms with Crippen molar-refractivity contribution >= 4 is 70.9 Å². The Morgan fingerprint density at radius 3 is 1.92 bits per heavy atom. The van der Waals surface area contributed by atoms with Crippen LogP contribution < -0.4 is 32.3 Å². The fraction of sp³-hybridized carbons (Fsp3) is 0.509. The molecule has 3 rings (SSSR count). The van der Waals surface area contributed by atoms with E-state index >= 15 is 4.39 Å². The van der Waals surface area contributed by atoms with Crippen LogP contribution in [0.1, 0.15) is 124 Å². The summed E-state index contributed by atoms with van der Waals surface area (Å²) in [5.74, 6) is -13.5. The molecule has 84 heavy (non-hydrogen) atoms. The smallest absolute Gasteiger partial charge is 0.326 e. The molecule has 0 aliphatic rings. The van der Waals surface area contributed by atoms with E-state index in [2.05, 4.69) is 26.6 Å². The first-order valence-corrected chi connectivity index (χ1v) is 26.9. The van der Waals surface area contributed by atoms with Gasteiger partial charge in [0.25, 0.3) is 0 Å². The molecule has 0 fully saturated rings. The van der Waals surface area contributed by atoms with Crippen LogP contribution in [0.25, 0.3) is 11.1 Å². The Kier molecular flexibility index (Phi) is 26.3. The maximum absolute atomic E-state index is 15.4. The van der Waals surface area contributed by atoms with E-state index < -0.39 is 176 Å². The van der Waals surface area contributed by atoms with Gasteiger partial charge in [0.05, 0.1) is 18.9 Å². The molecule has 27 heteroatoms. The summed E-state index contributed by atoms with van der Waals surface area (Å²) in [5.41, 5.74) is 4.94. The zero-order chi connectivity index (χ0) is 63.4. The maximum atomic E-state index is 15.4. The molecule has 1 aromatic heterocycles. The number of aliphatic hydroxyl groups is 1. The third kappa shape index (κ3) is 22.3. The second-order valence-corrected chi connectivity index (χ2v) is 22.3. The first-order chi connectivity index (χ1) is 39.1. The predicted molar refractivity (Wildman–Crippen MR) is 297 cm³/mol. The number of likely N-dealkylation sites (N-methyl/N-ethyl adjacent to an activating group) is 1. The van der Waals surface area contributed by atoms with Crippen molar-refractivity contribution in [3.63, 3.8) is 0 Å². The minimum atomic E-state index is -1.85. The van der Waals surface area contributed by atoms with Gasteiger partial charge in [-0.1, -0.05) is 65.0 Å². The summed E-state index contributed by atoms with van der Waals surface area (Å²) in [6, 6.07) is 4.56. The molecule has 460 valence electrons. The van der Waals surface area contributed by atoms with E-state index in [4.69, 9.17) is 15.9 Å². The second-order valence-electron chi connectivity index (χ2n) is 22.3. The number of aliphatic carboxylic acids is 3. The number of carboxylic acids is 3. The summed E-state index contributed by atoms with van der Waals surface area (Å²) in [4.78, 5) is 157. The molecule has 25 nitrogen and oxygen atoms in total.